The summed E-state index contributed by atoms with van der Waals surface area (Å²) in [6, 6.07) is 3.46. The van der Waals surface area contributed by atoms with Crippen LogP contribution in [0.15, 0.2) is 41.9 Å². The van der Waals surface area contributed by atoms with Crippen molar-refractivity contribution in [2.45, 2.75) is 18.8 Å². The monoisotopic (exact) mass is 441 g/mol. The van der Waals surface area contributed by atoms with Crippen LogP contribution in [0, 0.1) is 0 Å². The number of halogens is 2. The van der Waals surface area contributed by atoms with Gasteiger partial charge < -0.3 is 9.80 Å². The van der Waals surface area contributed by atoms with E-state index in [1.165, 1.54) is 29.8 Å². The highest BCUT2D eigenvalue weighted by Gasteiger charge is 2.35. The quantitative estimate of drug-likeness (QED) is 0.456. The molecular weight excluding hydrogens is 420 g/mol. The van der Waals surface area contributed by atoms with Crippen molar-refractivity contribution in [3.8, 4) is 5.69 Å². The fourth-order valence-corrected chi connectivity index (χ4v) is 3.35. The van der Waals surface area contributed by atoms with Crippen LogP contribution >= 0.6 is 0 Å². The molecule has 1 aliphatic heterocycles. The topological polar surface area (TPSA) is 96.6 Å². The first-order valence-electron chi connectivity index (χ1n) is 9.95. The van der Waals surface area contributed by atoms with Crippen LogP contribution in [0.4, 0.5) is 8.78 Å². The molecule has 9 nitrogen and oxygen atoms in total. The highest BCUT2D eigenvalue weighted by molar-refractivity contribution is 5.97. The van der Waals surface area contributed by atoms with Crippen LogP contribution < -0.4 is 0 Å². The number of aromatic nitrogens is 4. The smallest absolute Gasteiger partial charge is 0.316 e. The number of hydrogen-bond acceptors (Lipinski definition) is 5. The number of aliphatic imine (C=N–C) groups is 1. The lowest BCUT2D eigenvalue weighted by molar-refractivity contribution is -0.0494. The molecule has 0 saturated carbocycles. The fraction of sp³-hybridized carbons (Fsp3) is 0.333. The van der Waals surface area contributed by atoms with Crippen molar-refractivity contribution in [1.82, 2.24) is 29.3 Å². The molecular formula is C21H21F2N7O2. The van der Waals surface area contributed by atoms with Gasteiger partial charge >= 0.3 is 5.91 Å². The molecule has 32 heavy (non-hydrogen) atoms. The van der Waals surface area contributed by atoms with Gasteiger partial charge in [-0.25, -0.2) is 23.7 Å². The van der Waals surface area contributed by atoms with E-state index in [0.29, 0.717) is 22.3 Å². The largest absolute Gasteiger partial charge is 0.369 e. The summed E-state index contributed by atoms with van der Waals surface area (Å²) >= 11 is 0. The van der Waals surface area contributed by atoms with E-state index in [1.54, 1.807) is 41.9 Å². The van der Waals surface area contributed by atoms with E-state index < -0.39 is 11.8 Å². The molecule has 1 saturated heterocycles. The Kier molecular flexibility index (Phi) is 5.64. The molecule has 0 unspecified atom stereocenters. The van der Waals surface area contributed by atoms with E-state index >= 15 is 0 Å². The van der Waals surface area contributed by atoms with Crippen LogP contribution in [0.1, 0.15) is 33.8 Å². The Morgan fingerprint density at radius 2 is 1.81 bits per heavy atom. The third-order valence-electron chi connectivity index (χ3n) is 5.07. The first kappa shape index (κ1) is 21.5. The number of nitrogens with zero attached hydrogens (tertiary/aromatic N) is 7. The molecule has 0 aliphatic carbocycles. The van der Waals surface area contributed by atoms with E-state index in [1.807, 2.05) is 0 Å². The Bertz CT molecular complexity index is 1180. The lowest BCUT2D eigenvalue weighted by atomic mass is 10.1. The number of hydrogen-bond donors (Lipinski definition) is 0. The molecule has 0 spiro atoms. The zero-order valence-corrected chi connectivity index (χ0v) is 17.6. The summed E-state index contributed by atoms with van der Waals surface area (Å²) in [7, 11) is 3.49. The van der Waals surface area contributed by atoms with Crippen molar-refractivity contribution in [3.05, 3.63) is 48.3 Å². The maximum Gasteiger partial charge on any atom is 0.316 e. The zero-order valence-electron chi connectivity index (χ0n) is 17.6. The molecule has 166 valence electrons. The Balaban J connectivity index is 1.53. The summed E-state index contributed by atoms with van der Waals surface area (Å²) in [6.07, 6.45) is 6.87. The zero-order chi connectivity index (χ0) is 22.9. The maximum atomic E-state index is 13.4. The Hall–Kier alpha value is -3.76. The lowest BCUT2D eigenvalue weighted by Gasteiger charge is -2.31. The molecule has 0 bridgehead atoms. The van der Waals surface area contributed by atoms with Gasteiger partial charge in [-0.15, -0.1) is 0 Å². The molecule has 0 radical (unpaired) electrons. The third-order valence-corrected chi connectivity index (χ3v) is 5.07. The molecule has 4 heterocycles. The van der Waals surface area contributed by atoms with Crippen LogP contribution in [-0.2, 0) is 0 Å². The molecule has 1 aliphatic rings. The molecule has 3 aromatic rings. The van der Waals surface area contributed by atoms with E-state index in [-0.39, 0.29) is 37.7 Å². The van der Waals surface area contributed by atoms with E-state index in [2.05, 4.69) is 19.9 Å². The fourth-order valence-electron chi connectivity index (χ4n) is 3.35. The number of carbonyl (C=O) groups is 2. The molecule has 0 N–H and O–H groups in total. The number of likely N-dealkylation sites (tertiary alicyclic amines) is 1. The predicted molar refractivity (Wildman–Crippen MR) is 113 cm³/mol. The second-order valence-corrected chi connectivity index (χ2v) is 7.75. The number of rotatable bonds is 4. The molecule has 0 aromatic carbocycles. The summed E-state index contributed by atoms with van der Waals surface area (Å²) in [5.74, 6) is -3.61. The summed E-state index contributed by atoms with van der Waals surface area (Å²) in [5, 5.41) is 0.703. The van der Waals surface area contributed by atoms with Gasteiger partial charge in [-0.2, -0.15) is 4.99 Å². The number of alkyl halides is 2. The van der Waals surface area contributed by atoms with Gasteiger partial charge in [-0.05, 0) is 12.1 Å². The highest BCUT2D eigenvalue weighted by Crippen LogP contribution is 2.28. The molecule has 3 aromatic heterocycles. The van der Waals surface area contributed by atoms with Gasteiger partial charge in [0.2, 0.25) is 5.82 Å². The Morgan fingerprint density at radius 3 is 2.47 bits per heavy atom. The standard InChI is InChI=1S/C21H21F2N7O2/c1-28(2)13-27-19(31)17-24-11-16(12-25-17)30-6-3-14-9-15(10-26-18(14)30)20(32)29-7-4-21(22,23)5-8-29/h3,6,9-13H,4-5,7-8H2,1-2H3/b27-13+. The van der Waals surface area contributed by atoms with Crippen molar-refractivity contribution in [1.29, 1.82) is 0 Å². The molecule has 1 fully saturated rings. The second-order valence-electron chi connectivity index (χ2n) is 7.75. The van der Waals surface area contributed by atoms with Gasteiger partial charge in [0.15, 0.2) is 0 Å². The van der Waals surface area contributed by atoms with Gasteiger partial charge in [0, 0.05) is 57.8 Å². The Morgan fingerprint density at radius 1 is 1.12 bits per heavy atom. The third kappa shape index (κ3) is 4.46. The van der Waals surface area contributed by atoms with Crippen LogP contribution in [0.5, 0.6) is 0 Å². The number of amides is 2. The minimum Gasteiger partial charge on any atom is -0.369 e. The molecule has 4 rings (SSSR count). The number of pyridine rings is 1. The number of piperidine rings is 1. The van der Waals surface area contributed by atoms with E-state index in [9.17, 15) is 18.4 Å². The maximum absolute atomic E-state index is 13.4. The number of carbonyl (C=O) groups excluding carboxylic acids is 2. The minimum absolute atomic E-state index is 0.0197. The minimum atomic E-state index is -2.71. The Labute approximate surface area is 182 Å². The SMILES string of the molecule is CN(C)/C=N/C(=O)c1ncc(-n2ccc3cc(C(=O)N4CCC(F)(F)CC4)cnc32)cn1. The van der Waals surface area contributed by atoms with Crippen molar-refractivity contribution in [2.75, 3.05) is 27.2 Å². The summed E-state index contributed by atoms with van der Waals surface area (Å²) in [5.41, 5.74) is 1.49. The van der Waals surface area contributed by atoms with E-state index in [0.717, 1.165) is 0 Å². The van der Waals surface area contributed by atoms with Gasteiger partial charge in [-0.1, -0.05) is 0 Å². The predicted octanol–water partition coefficient (Wildman–Crippen LogP) is 2.42. The van der Waals surface area contributed by atoms with E-state index in [4.69, 9.17) is 0 Å². The highest BCUT2D eigenvalue weighted by atomic mass is 19.3. The summed E-state index contributed by atoms with van der Waals surface area (Å²) in [4.78, 5) is 44.0. The number of fused-ring (bicyclic) bond motifs is 1. The molecule has 0 atom stereocenters. The lowest BCUT2D eigenvalue weighted by Crippen LogP contribution is -2.42. The first-order valence-corrected chi connectivity index (χ1v) is 9.95. The van der Waals surface area contributed by atoms with Crippen LogP contribution in [-0.4, -0.2) is 80.6 Å². The average Bonchev–Trinajstić information content (AvgIpc) is 3.20. The van der Waals surface area contributed by atoms with Crippen LogP contribution in [0.2, 0.25) is 0 Å². The summed E-state index contributed by atoms with van der Waals surface area (Å²) < 4.78 is 28.5. The van der Waals surface area contributed by atoms with Crippen molar-refractivity contribution >= 4 is 29.2 Å². The van der Waals surface area contributed by atoms with Gasteiger partial charge in [0.05, 0.1) is 30.0 Å². The second kappa shape index (κ2) is 8.40. The van der Waals surface area contributed by atoms with Crippen molar-refractivity contribution in [2.24, 2.45) is 4.99 Å². The molecule has 11 heteroatoms. The summed E-state index contributed by atoms with van der Waals surface area (Å²) in [6.45, 7) is 0.0394. The first-order chi connectivity index (χ1) is 15.2. The van der Waals surface area contributed by atoms with Gasteiger partial charge in [0.1, 0.15) is 5.65 Å². The normalized spacial score (nSPS) is 15.9. The van der Waals surface area contributed by atoms with Crippen LogP contribution in [0.3, 0.4) is 0 Å². The molecule has 2 amide bonds. The van der Waals surface area contributed by atoms with Crippen molar-refractivity contribution in [3.63, 3.8) is 0 Å². The van der Waals surface area contributed by atoms with Gasteiger partial charge in [-0.3, -0.25) is 14.2 Å². The van der Waals surface area contributed by atoms with Gasteiger partial charge in [0.25, 0.3) is 11.8 Å². The van der Waals surface area contributed by atoms with Crippen LogP contribution in [0.25, 0.3) is 16.7 Å². The van der Waals surface area contributed by atoms with Crippen molar-refractivity contribution < 1.29 is 18.4 Å². The average molecular weight is 441 g/mol.